The summed E-state index contributed by atoms with van der Waals surface area (Å²) in [4.78, 5) is 10.6. The van der Waals surface area contributed by atoms with Gasteiger partial charge < -0.3 is 4.57 Å². The van der Waals surface area contributed by atoms with E-state index in [4.69, 9.17) is 16.8 Å². The molecular weight excluding hydrogens is 585 g/mol. The van der Waals surface area contributed by atoms with Gasteiger partial charge in [0.2, 0.25) is 0 Å². The summed E-state index contributed by atoms with van der Waals surface area (Å²) < 4.78 is 47.7. The molecule has 4 heteroatoms. The van der Waals surface area contributed by atoms with Crippen LogP contribution >= 0.6 is 0 Å². The van der Waals surface area contributed by atoms with Crippen molar-refractivity contribution in [3.8, 4) is 22.8 Å². The summed E-state index contributed by atoms with van der Waals surface area (Å²) in [5.41, 5.74) is 6.81. The number of aromatic nitrogens is 4. The minimum absolute atomic E-state index is 0.121. The predicted octanol–water partition coefficient (Wildman–Crippen LogP) is 11.2. The highest BCUT2D eigenvalue weighted by Gasteiger charge is 2.26. The molecule has 0 amide bonds. The van der Waals surface area contributed by atoms with E-state index in [9.17, 15) is 0 Å². The third-order valence-corrected chi connectivity index (χ3v) is 9.74. The molecule has 0 unspecified atom stereocenters. The lowest BCUT2D eigenvalue weighted by atomic mass is 9.95. The van der Waals surface area contributed by atoms with Crippen molar-refractivity contribution in [1.82, 2.24) is 19.1 Å². The number of para-hydroxylation sites is 3. The van der Waals surface area contributed by atoms with Crippen LogP contribution in [0.2, 0.25) is 0 Å². The molecule has 8 aromatic carbocycles. The molecule has 0 atom stereocenters. The standard InChI is InChI=1S/C44H26N4/c1-3-13-27(14-4-1)43-44(46-34-22-10-9-21-33(34)45-43)48-36-24-12-20-32-30-18-8-7-17-29(30)31-19-11-23-35-39(31)41-37(25-26-38(48)42(41)40(32)36)47(35)28-15-5-2-6-16-28/h1-26H/i2D,5D,6D,15D,16D. The van der Waals surface area contributed by atoms with E-state index in [-0.39, 0.29) is 29.9 Å². The molecule has 3 aromatic heterocycles. The van der Waals surface area contributed by atoms with Gasteiger partial charge in [0, 0.05) is 32.8 Å². The smallest absolute Gasteiger partial charge is 0.165 e. The van der Waals surface area contributed by atoms with E-state index >= 15 is 0 Å². The highest BCUT2D eigenvalue weighted by atomic mass is 15.1. The summed E-state index contributed by atoms with van der Waals surface area (Å²) in [5, 5.41) is 8.15. The van der Waals surface area contributed by atoms with Gasteiger partial charge in [-0.1, -0.05) is 109 Å². The highest BCUT2D eigenvalue weighted by molar-refractivity contribution is 6.39. The Morgan fingerprint density at radius 3 is 1.60 bits per heavy atom. The van der Waals surface area contributed by atoms with Gasteiger partial charge in [-0.15, -0.1) is 0 Å². The second-order valence-electron chi connectivity index (χ2n) is 12.2. The van der Waals surface area contributed by atoms with Crippen molar-refractivity contribution in [2.75, 3.05) is 0 Å². The van der Waals surface area contributed by atoms with Gasteiger partial charge in [-0.2, -0.15) is 0 Å². The molecule has 0 bridgehead atoms. The Morgan fingerprint density at radius 1 is 0.417 bits per heavy atom. The summed E-state index contributed by atoms with van der Waals surface area (Å²) in [6.45, 7) is 0. The van der Waals surface area contributed by atoms with E-state index in [0.717, 1.165) is 87.4 Å². The predicted molar refractivity (Wildman–Crippen MR) is 200 cm³/mol. The normalized spacial score (nSPS) is 13.6. The van der Waals surface area contributed by atoms with Gasteiger partial charge in [0.25, 0.3) is 0 Å². The van der Waals surface area contributed by atoms with Gasteiger partial charge in [0.05, 0.1) is 40.0 Å². The number of benzene rings is 7. The average Bonchev–Trinajstić information content (AvgIpc) is 3.72. The lowest BCUT2D eigenvalue weighted by Crippen LogP contribution is -2.03. The average molecular weight is 616 g/mol. The maximum atomic E-state index is 9.06. The minimum atomic E-state index is -0.419. The topological polar surface area (TPSA) is 35.6 Å². The highest BCUT2D eigenvalue weighted by Crippen LogP contribution is 2.48. The molecule has 48 heavy (non-hydrogen) atoms. The largest absolute Gasteiger partial charge is 0.309 e. The van der Waals surface area contributed by atoms with Crippen LogP contribution in [-0.4, -0.2) is 19.1 Å². The molecule has 0 saturated carbocycles. The molecule has 0 aliphatic carbocycles. The van der Waals surface area contributed by atoms with Crippen molar-refractivity contribution in [2.45, 2.75) is 0 Å². The summed E-state index contributed by atoms with van der Waals surface area (Å²) in [6, 6.07) is 41.4. The molecule has 222 valence electrons. The van der Waals surface area contributed by atoms with Crippen LogP contribution in [0.5, 0.6) is 0 Å². The zero-order valence-electron chi connectivity index (χ0n) is 30.4. The molecule has 0 aliphatic heterocycles. The first-order valence-corrected chi connectivity index (χ1v) is 16.0. The van der Waals surface area contributed by atoms with Crippen LogP contribution in [0.4, 0.5) is 0 Å². The first-order chi connectivity index (χ1) is 25.9. The van der Waals surface area contributed by atoms with E-state index in [1.54, 1.807) is 0 Å². The summed E-state index contributed by atoms with van der Waals surface area (Å²) in [6.07, 6.45) is 0. The van der Waals surface area contributed by atoms with Crippen LogP contribution in [0.1, 0.15) is 6.85 Å². The molecule has 0 saturated heterocycles. The number of nitrogens with zero attached hydrogens (tertiary/aromatic N) is 4. The Bertz CT molecular complexity index is 3320. The Labute approximate surface area is 282 Å². The van der Waals surface area contributed by atoms with Crippen molar-refractivity contribution >= 4 is 76.2 Å². The van der Waals surface area contributed by atoms with Gasteiger partial charge in [-0.25, -0.2) is 9.97 Å². The van der Waals surface area contributed by atoms with Gasteiger partial charge in [0.15, 0.2) is 5.82 Å². The number of fused-ring (bicyclic) bond motifs is 4. The van der Waals surface area contributed by atoms with Crippen LogP contribution in [0.15, 0.2) is 158 Å². The van der Waals surface area contributed by atoms with Gasteiger partial charge >= 0.3 is 0 Å². The lowest BCUT2D eigenvalue weighted by Gasteiger charge is -2.14. The van der Waals surface area contributed by atoms with Crippen LogP contribution in [0, 0.1) is 0 Å². The molecule has 0 fully saturated rings. The van der Waals surface area contributed by atoms with Crippen molar-refractivity contribution in [1.29, 1.82) is 0 Å². The summed E-state index contributed by atoms with van der Waals surface area (Å²) >= 11 is 0. The minimum Gasteiger partial charge on any atom is -0.309 e. The molecule has 0 aliphatic rings. The van der Waals surface area contributed by atoms with Gasteiger partial charge in [-0.05, 0) is 70.0 Å². The molecule has 4 nitrogen and oxygen atoms in total. The second kappa shape index (κ2) is 9.50. The fourth-order valence-electron chi connectivity index (χ4n) is 7.86. The Morgan fingerprint density at radius 2 is 0.938 bits per heavy atom. The molecular formula is C44H26N4. The van der Waals surface area contributed by atoms with Crippen LogP contribution in [0.3, 0.4) is 0 Å². The lowest BCUT2D eigenvalue weighted by molar-refractivity contribution is 1.08. The SMILES string of the molecule is [2H]c1c([2H])c([2H])c(-n2c3cccc4c5ccccc5c5cccc6c5c5c(c43)c2ccc5n6-c2nc3ccccc3nc2-c2ccccc2)c([2H])c1[2H]. The van der Waals surface area contributed by atoms with Crippen LogP contribution in [0.25, 0.3) is 99.0 Å². The van der Waals surface area contributed by atoms with Gasteiger partial charge in [0.1, 0.15) is 5.69 Å². The van der Waals surface area contributed by atoms with E-state index in [1.807, 2.05) is 71.3 Å². The molecule has 11 aromatic rings. The van der Waals surface area contributed by atoms with E-state index < -0.39 is 6.04 Å². The molecule has 11 rings (SSSR count). The maximum Gasteiger partial charge on any atom is 0.165 e. The molecule has 0 spiro atoms. The zero-order valence-corrected chi connectivity index (χ0v) is 25.4. The number of hydrogen-bond acceptors (Lipinski definition) is 2. The fraction of sp³-hybridized carbons (Fsp3) is 0. The van der Waals surface area contributed by atoms with E-state index in [1.165, 1.54) is 0 Å². The van der Waals surface area contributed by atoms with Crippen LogP contribution < -0.4 is 0 Å². The Balaban J connectivity index is 1.43. The van der Waals surface area contributed by atoms with E-state index in [2.05, 4.69) is 65.2 Å². The van der Waals surface area contributed by atoms with Gasteiger partial charge in [-0.3, -0.25) is 4.57 Å². The van der Waals surface area contributed by atoms with Crippen molar-refractivity contribution in [3.63, 3.8) is 0 Å². The fourth-order valence-corrected chi connectivity index (χ4v) is 7.86. The summed E-state index contributed by atoms with van der Waals surface area (Å²) in [5.74, 6) is 0.702. The van der Waals surface area contributed by atoms with Crippen molar-refractivity contribution in [2.24, 2.45) is 0 Å². The Hall–Kier alpha value is -6.52. The monoisotopic (exact) mass is 615 g/mol. The Kier molecular flexibility index (Phi) is 4.22. The van der Waals surface area contributed by atoms with Crippen LogP contribution in [-0.2, 0) is 0 Å². The molecule has 0 radical (unpaired) electrons. The van der Waals surface area contributed by atoms with Crippen molar-refractivity contribution < 1.29 is 6.85 Å². The zero-order chi connectivity index (χ0) is 35.7. The third-order valence-electron chi connectivity index (χ3n) is 9.74. The second-order valence-corrected chi connectivity index (χ2v) is 12.2. The summed E-state index contributed by atoms with van der Waals surface area (Å²) in [7, 11) is 0. The van der Waals surface area contributed by atoms with E-state index in [0.29, 0.717) is 5.82 Å². The maximum absolute atomic E-state index is 9.06. The third kappa shape index (κ3) is 3.33. The molecule has 0 N–H and O–H groups in total. The number of hydrogen-bond donors (Lipinski definition) is 0. The molecule has 3 heterocycles. The van der Waals surface area contributed by atoms with Crippen molar-refractivity contribution in [3.05, 3.63) is 158 Å². The quantitative estimate of drug-likeness (QED) is 0.198. The number of rotatable bonds is 3. The first kappa shape index (κ1) is 21.3. The first-order valence-electron chi connectivity index (χ1n) is 18.5.